The molecule has 2 heterocycles. The molecule has 0 aliphatic rings. The van der Waals surface area contributed by atoms with Crippen LogP contribution in [0, 0.1) is 0 Å². The second-order valence-corrected chi connectivity index (χ2v) is 5.79. The van der Waals surface area contributed by atoms with E-state index in [1.807, 2.05) is 24.3 Å². The number of aromatic amines is 1. The van der Waals surface area contributed by atoms with E-state index in [0.717, 1.165) is 10.8 Å². The first kappa shape index (κ1) is 15.1. The van der Waals surface area contributed by atoms with E-state index < -0.39 is 5.91 Å². The number of hydrogen-bond donors (Lipinski definition) is 2. The third-order valence-electron chi connectivity index (χ3n) is 4.19. The van der Waals surface area contributed by atoms with Crippen LogP contribution in [0.3, 0.4) is 0 Å². The molecule has 0 saturated carbocycles. The molecule has 0 bridgehead atoms. The number of carbonyl (C=O) groups is 1. The van der Waals surface area contributed by atoms with Gasteiger partial charge in [-0.3, -0.25) is 9.42 Å². The first-order valence-corrected chi connectivity index (χ1v) is 7.98. The number of azo groups is 1. The number of carbonyl (C=O) groups excluding carboxylic acids is 1. The minimum absolute atomic E-state index is 0.0715. The molecule has 2 aromatic heterocycles. The maximum absolute atomic E-state index is 12.3. The van der Waals surface area contributed by atoms with Gasteiger partial charge in [0.2, 0.25) is 11.3 Å². The lowest BCUT2D eigenvalue weighted by Crippen LogP contribution is -1.93. The molecule has 9 nitrogen and oxygen atoms in total. The Bertz CT molecular complexity index is 1370. The van der Waals surface area contributed by atoms with Crippen molar-refractivity contribution in [3.05, 3.63) is 54.1 Å². The number of phenols is 1. The monoisotopic (exact) mass is 358 g/mol. The van der Waals surface area contributed by atoms with Crippen molar-refractivity contribution in [2.45, 2.75) is 0 Å². The van der Waals surface area contributed by atoms with Crippen LogP contribution < -0.4 is 0 Å². The number of rotatable bonds is 2. The summed E-state index contributed by atoms with van der Waals surface area (Å²) >= 11 is 0. The molecule has 0 unspecified atom stereocenters. The zero-order chi connectivity index (χ0) is 18.4. The van der Waals surface area contributed by atoms with Gasteiger partial charge in [0.15, 0.2) is 0 Å². The van der Waals surface area contributed by atoms with E-state index in [1.165, 1.54) is 12.1 Å². The van der Waals surface area contributed by atoms with Gasteiger partial charge >= 0.3 is 0 Å². The highest BCUT2D eigenvalue weighted by Crippen LogP contribution is 2.38. The summed E-state index contributed by atoms with van der Waals surface area (Å²) in [5.41, 5.74) is 2.24. The van der Waals surface area contributed by atoms with Crippen LogP contribution in [0.2, 0.25) is 0 Å². The summed E-state index contributed by atoms with van der Waals surface area (Å²) in [5.74, 6) is -0.809. The van der Waals surface area contributed by atoms with Crippen molar-refractivity contribution in [2.75, 3.05) is 0 Å². The molecule has 0 radical (unpaired) electrons. The van der Waals surface area contributed by atoms with Crippen LogP contribution in [0.1, 0.15) is 10.4 Å². The Balaban J connectivity index is 1.71. The minimum Gasteiger partial charge on any atom is -0.507 e. The van der Waals surface area contributed by atoms with Crippen molar-refractivity contribution in [1.82, 2.24) is 20.3 Å². The average molecular weight is 358 g/mol. The smallest absolute Gasteiger partial charge is 0.299 e. The van der Waals surface area contributed by atoms with E-state index in [0.29, 0.717) is 28.0 Å². The molecule has 0 spiro atoms. The molecule has 9 heteroatoms. The molecule has 27 heavy (non-hydrogen) atoms. The van der Waals surface area contributed by atoms with Gasteiger partial charge in [-0.25, -0.2) is 9.97 Å². The topological polar surface area (TPSA) is 130 Å². The number of benzene rings is 2. The number of aromatic nitrogens is 4. The van der Waals surface area contributed by atoms with E-state index in [2.05, 4.69) is 30.5 Å². The lowest BCUT2D eigenvalue weighted by molar-refractivity contribution is 0.0992. The highest BCUT2D eigenvalue weighted by Gasteiger charge is 2.18. The van der Waals surface area contributed by atoms with Gasteiger partial charge in [0.25, 0.3) is 5.91 Å². The number of nitrogens with one attached hydrogen (secondary N) is 1. The number of H-pyrrole nitrogens is 1. The highest BCUT2D eigenvalue weighted by atomic mass is 16.6. The van der Waals surface area contributed by atoms with Gasteiger partial charge in [-0.15, -0.1) is 10.2 Å². The van der Waals surface area contributed by atoms with Crippen molar-refractivity contribution in [3.8, 4) is 5.75 Å². The van der Waals surface area contributed by atoms with Gasteiger partial charge in [-0.2, -0.15) is 5.16 Å². The largest absolute Gasteiger partial charge is 0.507 e. The second-order valence-electron chi connectivity index (χ2n) is 5.79. The van der Waals surface area contributed by atoms with Gasteiger partial charge in [-0.1, -0.05) is 36.4 Å². The molecule has 0 atom stereocenters. The van der Waals surface area contributed by atoms with Gasteiger partial charge in [0.1, 0.15) is 22.5 Å². The number of nitrogens with zero attached hydrogens (tertiary/aromatic N) is 5. The molecule has 5 aromatic rings. The van der Waals surface area contributed by atoms with Gasteiger partial charge < -0.3 is 5.11 Å². The first-order valence-electron chi connectivity index (χ1n) is 7.98. The molecular formula is C18H10N6O3. The summed E-state index contributed by atoms with van der Waals surface area (Å²) in [6.07, 6.45) is 0. The summed E-state index contributed by atoms with van der Waals surface area (Å²) in [4.78, 5) is 21.2. The third kappa shape index (κ3) is 2.33. The van der Waals surface area contributed by atoms with Crippen LogP contribution in [0.4, 0.5) is 5.69 Å². The molecule has 130 valence electrons. The highest BCUT2D eigenvalue weighted by molar-refractivity contribution is 6.18. The van der Waals surface area contributed by atoms with E-state index in [1.54, 1.807) is 12.1 Å². The van der Waals surface area contributed by atoms with E-state index in [4.69, 9.17) is 4.63 Å². The van der Waals surface area contributed by atoms with Crippen LogP contribution in [0.5, 0.6) is 5.75 Å². The fourth-order valence-corrected chi connectivity index (χ4v) is 2.95. The molecule has 3 aromatic carbocycles. The van der Waals surface area contributed by atoms with Crippen molar-refractivity contribution in [1.29, 1.82) is 0 Å². The zero-order valence-electron chi connectivity index (χ0n) is 13.6. The minimum atomic E-state index is -0.655. The summed E-state index contributed by atoms with van der Waals surface area (Å²) in [7, 11) is 0. The summed E-state index contributed by atoms with van der Waals surface area (Å²) in [6.45, 7) is 0. The number of para-hydroxylation sites is 1. The molecule has 0 aliphatic heterocycles. The maximum atomic E-state index is 12.3. The van der Waals surface area contributed by atoms with Crippen LogP contribution in [-0.4, -0.2) is 31.3 Å². The van der Waals surface area contributed by atoms with Crippen LogP contribution >= 0.6 is 0 Å². The molecule has 1 amide bonds. The lowest BCUT2D eigenvalue weighted by atomic mass is 10.2. The number of amides is 1. The van der Waals surface area contributed by atoms with Crippen LogP contribution in [-0.2, 0) is 0 Å². The predicted molar refractivity (Wildman–Crippen MR) is 95.9 cm³/mol. The molecule has 0 saturated heterocycles. The number of hydrogen-bond acceptors (Lipinski definition) is 7. The Morgan fingerprint density at radius 2 is 1.78 bits per heavy atom. The molecule has 5 rings (SSSR count). The fraction of sp³-hybridized carbons (Fsp3) is 0. The Morgan fingerprint density at radius 3 is 2.63 bits per heavy atom. The second kappa shape index (κ2) is 5.70. The van der Waals surface area contributed by atoms with Crippen molar-refractivity contribution in [2.24, 2.45) is 10.2 Å². The van der Waals surface area contributed by atoms with Crippen LogP contribution in [0.15, 0.2) is 63.4 Å². The Labute approximate surface area is 150 Å². The molecule has 0 aliphatic carbocycles. The normalized spacial score (nSPS) is 11.9. The average Bonchev–Trinajstić information content (AvgIpc) is 3.27. The molecule has 2 N–H and O–H groups in total. The van der Waals surface area contributed by atoms with Crippen LogP contribution in [0.25, 0.3) is 33.1 Å². The standard InChI is InChI=1S/C18H10N6O3/c25-12-8-4-3-7-11(12)18(26)22-21-14-10-6-2-1-5-9(10)13-15(14)20-17-16(19-13)23-27-24-17/h1-8,25H,(H,20,24). The maximum Gasteiger partial charge on any atom is 0.299 e. The molecule has 0 fully saturated rings. The summed E-state index contributed by atoms with van der Waals surface area (Å²) in [5, 5.41) is 25.6. The third-order valence-corrected chi connectivity index (χ3v) is 4.19. The van der Waals surface area contributed by atoms with E-state index in [9.17, 15) is 9.90 Å². The Hall–Kier alpha value is -4.14. The Kier molecular flexibility index (Phi) is 3.20. The van der Waals surface area contributed by atoms with Crippen molar-refractivity contribution >= 4 is 44.7 Å². The summed E-state index contributed by atoms with van der Waals surface area (Å²) in [6, 6.07) is 13.6. The Morgan fingerprint density at radius 1 is 1.00 bits per heavy atom. The molecular weight excluding hydrogens is 348 g/mol. The van der Waals surface area contributed by atoms with E-state index >= 15 is 0 Å². The first-order chi connectivity index (χ1) is 13.2. The van der Waals surface area contributed by atoms with Gasteiger partial charge in [0, 0.05) is 10.8 Å². The van der Waals surface area contributed by atoms with Gasteiger partial charge in [0.05, 0.1) is 5.56 Å². The lowest BCUT2D eigenvalue weighted by Gasteiger charge is -1.97. The number of fused-ring (bicyclic) bond motifs is 4. The van der Waals surface area contributed by atoms with Gasteiger partial charge in [-0.05, 0) is 17.3 Å². The van der Waals surface area contributed by atoms with Crippen molar-refractivity contribution in [3.63, 3.8) is 0 Å². The van der Waals surface area contributed by atoms with Crippen molar-refractivity contribution < 1.29 is 14.5 Å². The SMILES string of the molecule is O=C(N=Nc1c2ccccc2c2nc3no[nH]c3nc12)c1ccccc1O. The number of aromatic hydroxyl groups is 1. The fourth-order valence-electron chi connectivity index (χ4n) is 2.95. The van der Waals surface area contributed by atoms with E-state index in [-0.39, 0.29) is 11.3 Å². The zero-order valence-corrected chi connectivity index (χ0v) is 13.6. The predicted octanol–water partition coefficient (Wildman–Crippen LogP) is 3.88. The number of phenolic OH excluding ortho intramolecular Hbond substituents is 1. The summed E-state index contributed by atoms with van der Waals surface area (Å²) < 4.78 is 4.79. The quantitative estimate of drug-likeness (QED) is 0.461.